The van der Waals surface area contributed by atoms with Gasteiger partial charge in [-0.2, -0.15) is 8.78 Å². The second-order valence-corrected chi connectivity index (χ2v) is 2.66. The highest BCUT2D eigenvalue weighted by Gasteiger charge is 2.35. The molecule has 58 valence electrons. The Bertz CT molecular complexity index is 256. The number of para-hydroxylation sites is 1. The first-order valence-corrected chi connectivity index (χ1v) is 3.41. The van der Waals surface area contributed by atoms with E-state index in [0.29, 0.717) is 11.3 Å². The van der Waals surface area contributed by atoms with Crippen LogP contribution in [-0.2, 0) is 6.42 Å². The molecule has 1 aromatic rings. The monoisotopic (exact) mass is 155 g/mol. The molecular formula is C8H7F2N. The Morgan fingerprint density at radius 3 is 2.73 bits per heavy atom. The molecule has 0 amide bonds. The van der Waals surface area contributed by atoms with Crippen LogP contribution in [0, 0.1) is 0 Å². The van der Waals surface area contributed by atoms with E-state index in [1.165, 1.54) is 0 Å². The molecule has 0 unspecified atom stereocenters. The van der Waals surface area contributed by atoms with Crippen molar-refractivity contribution in [2.75, 3.05) is 5.32 Å². The summed E-state index contributed by atoms with van der Waals surface area (Å²) in [7, 11) is 0. The molecule has 1 aromatic carbocycles. The van der Waals surface area contributed by atoms with Gasteiger partial charge in [-0.3, -0.25) is 0 Å². The number of benzene rings is 1. The Hall–Kier alpha value is -1.12. The van der Waals surface area contributed by atoms with Crippen LogP contribution < -0.4 is 5.32 Å². The fourth-order valence-corrected chi connectivity index (χ4v) is 1.28. The molecule has 2 rings (SSSR count). The second-order valence-electron chi connectivity index (χ2n) is 2.66. The van der Waals surface area contributed by atoms with Crippen molar-refractivity contribution in [3.8, 4) is 0 Å². The zero-order chi connectivity index (χ0) is 7.90. The van der Waals surface area contributed by atoms with Crippen LogP contribution in [0.2, 0.25) is 0 Å². The maximum absolute atomic E-state index is 12.6. The Labute approximate surface area is 63.0 Å². The van der Waals surface area contributed by atoms with Crippen LogP contribution in [0.3, 0.4) is 0 Å². The van der Waals surface area contributed by atoms with Gasteiger partial charge in [0.25, 0.3) is 0 Å². The van der Waals surface area contributed by atoms with E-state index in [1.807, 2.05) is 0 Å². The first-order valence-electron chi connectivity index (χ1n) is 3.41. The summed E-state index contributed by atoms with van der Waals surface area (Å²) in [5.41, 5.74) is 1.25. The molecule has 1 aliphatic heterocycles. The van der Waals surface area contributed by atoms with E-state index < -0.39 is 6.05 Å². The van der Waals surface area contributed by atoms with Gasteiger partial charge >= 0.3 is 6.05 Å². The first-order chi connectivity index (χ1) is 5.17. The van der Waals surface area contributed by atoms with Crippen LogP contribution in [0.5, 0.6) is 0 Å². The molecule has 0 atom stereocenters. The number of anilines is 1. The third kappa shape index (κ3) is 1.06. The molecule has 1 aliphatic rings. The Morgan fingerprint density at radius 1 is 1.27 bits per heavy atom. The average molecular weight is 155 g/mol. The maximum Gasteiger partial charge on any atom is 0.327 e. The third-order valence-electron chi connectivity index (χ3n) is 1.75. The summed E-state index contributed by atoms with van der Waals surface area (Å²) in [5, 5.41) is 2.14. The molecule has 0 aliphatic carbocycles. The summed E-state index contributed by atoms with van der Waals surface area (Å²) in [6, 6.07) is 4.14. The van der Waals surface area contributed by atoms with Gasteiger partial charge in [0.1, 0.15) is 0 Å². The van der Waals surface area contributed by atoms with Gasteiger partial charge in [-0.05, 0) is 11.6 Å². The summed E-state index contributed by atoms with van der Waals surface area (Å²) >= 11 is 0. The van der Waals surface area contributed by atoms with Crippen molar-refractivity contribution >= 4 is 5.69 Å². The topological polar surface area (TPSA) is 12.0 Å². The van der Waals surface area contributed by atoms with Crippen molar-refractivity contribution in [2.45, 2.75) is 12.5 Å². The Kier molecular flexibility index (Phi) is 1.16. The number of halogens is 2. The van der Waals surface area contributed by atoms with E-state index in [-0.39, 0.29) is 6.42 Å². The predicted octanol–water partition coefficient (Wildman–Crippen LogP) is 2.25. The van der Waals surface area contributed by atoms with Crippen molar-refractivity contribution in [3.05, 3.63) is 29.8 Å². The zero-order valence-electron chi connectivity index (χ0n) is 5.77. The largest absolute Gasteiger partial charge is 0.327 e. The van der Waals surface area contributed by atoms with Crippen LogP contribution in [0.1, 0.15) is 5.56 Å². The van der Waals surface area contributed by atoms with Gasteiger partial charge < -0.3 is 5.32 Å². The van der Waals surface area contributed by atoms with Crippen LogP contribution in [-0.4, -0.2) is 6.05 Å². The van der Waals surface area contributed by atoms with E-state index in [1.54, 1.807) is 24.3 Å². The minimum absolute atomic E-state index is 0.191. The number of fused-ring (bicyclic) bond motifs is 1. The summed E-state index contributed by atoms with van der Waals surface area (Å²) in [6.07, 6.45) is -0.191. The summed E-state index contributed by atoms with van der Waals surface area (Å²) < 4.78 is 25.3. The lowest BCUT2D eigenvalue weighted by atomic mass is 10.2. The summed E-state index contributed by atoms with van der Waals surface area (Å²) in [6.45, 7) is 0. The minimum Gasteiger partial charge on any atom is -0.327 e. The van der Waals surface area contributed by atoms with E-state index in [4.69, 9.17) is 0 Å². The fraction of sp³-hybridized carbons (Fsp3) is 0.250. The number of nitrogens with one attached hydrogen (secondary N) is 1. The Balaban J connectivity index is 2.41. The number of hydrogen-bond donors (Lipinski definition) is 1. The summed E-state index contributed by atoms with van der Waals surface area (Å²) in [5.74, 6) is 0. The van der Waals surface area contributed by atoms with Crippen LogP contribution >= 0.6 is 0 Å². The highest BCUT2D eigenvalue weighted by atomic mass is 19.3. The summed E-state index contributed by atoms with van der Waals surface area (Å²) in [4.78, 5) is 0. The van der Waals surface area contributed by atoms with E-state index in [9.17, 15) is 8.78 Å². The van der Waals surface area contributed by atoms with Gasteiger partial charge in [0.2, 0.25) is 0 Å². The molecule has 0 bridgehead atoms. The van der Waals surface area contributed by atoms with Crippen molar-refractivity contribution < 1.29 is 8.78 Å². The Morgan fingerprint density at radius 2 is 2.00 bits per heavy atom. The van der Waals surface area contributed by atoms with Gasteiger partial charge in [-0.25, -0.2) is 0 Å². The number of alkyl halides is 2. The number of rotatable bonds is 0. The molecule has 1 N–H and O–H groups in total. The van der Waals surface area contributed by atoms with Gasteiger partial charge in [0.05, 0.1) is 6.42 Å². The molecule has 0 fully saturated rings. The molecule has 1 nitrogen and oxygen atoms in total. The van der Waals surface area contributed by atoms with E-state index in [2.05, 4.69) is 5.32 Å². The third-order valence-corrected chi connectivity index (χ3v) is 1.75. The molecular weight excluding hydrogens is 148 g/mol. The molecule has 11 heavy (non-hydrogen) atoms. The SMILES string of the molecule is FC1(F)Cc2ccccc2N1. The standard InChI is InChI=1S/C8H7F2N/c9-8(10)5-6-3-1-2-4-7(6)11-8/h1-4,11H,5H2. The quantitative estimate of drug-likeness (QED) is 0.566. The van der Waals surface area contributed by atoms with E-state index >= 15 is 0 Å². The van der Waals surface area contributed by atoms with Crippen molar-refractivity contribution in [1.82, 2.24) is 0 Å². The second kappa shape index (κ2) is 1.94. The average Bonchev–Trinajstić information content (AvgIpc) is 2.21. The molecule has 0 spiro atoms. The zero-order valence-corrected chi connectivity index (χ0v) is 5.77. The normalized spacial score (nSPS) is 19.1. The maximum atomic E-state index is 12.6. The van der Waals surface area contributed by atoms with Crippen molar-refractivity contribution in [3.63, 3.8) is 0 Å². The van der Waals surface area contributed by atoms with Gasteiger partial charge in [0.15, 0.2) is 0 Å². The van der Waals surface area contributed by atoms with Gasteiger partial charge in [0, 0.05) is 5.69 Å². The lowest BCUT2D eigenvalue weighted by Gasteiger charge is -2.07. The first kappa shape index (κ1) is 6.58. The highest BCUT2D eigenvalue weighted by molar-refractivity contribution is 5.56. The van der Waals surface area contributed by atoms with Crippen LogP contribution in [0.25, 0.3) is 0 Å². The van der Waals surface area contributed by atoms with Crippen LogP contribution in [0.15, 0.2) is 24.3 Å². The van der Waals surface area contributed by atoms with Gasteiger partial charge in [-0.15, -0.1) is 0 Å². The molecule has 0 saturated carbocycles. The molecule has 3 heteroatoms. The van der Waals surface area contributed by atoms with Gasteiger partial charge in [-0.1, -0.05) is 18.2 Å². The lowest BCUT2D eigenvalue weighted by molar-refractivity contribution is 0.0410. The smallest absolute Gasteiger partial charge is 0.327 e. The molecule has 0 saturated heterocycles. The lowest BCUT2D eigenvalue weighted by Crippen LogP contribution is -2.23. The fourth-order valence-electron chi connectivity index (χ4n) is 1.28. The molecule has 0 aromatic heterocycles. The minimum atomic E-state index is -2.75. The number of hydrogen-bond acceptors (Lipinski definition) is 1. The van der Waals surface area contributed by atoms with E-state index in [0.717, 1.165) is 0 Å². The van der Waals surface area contributed by atoms with Crippen molar-refractivity contribution in [1.29, 1.82) is 0 Å². The van der Waals surface area contributed by atoms with Crippen molar-refractivity contribution in [2.24, 2.45) is 0 Å². The molecule has 0 radical (unpaired) electrons. The van der Waals surface area contributed by atoms with Crippen LogP contribution in [0.4, 0.5) is 14.5 Å². The predicted molar refractivity (Wildman–Crippen MR) is 38.7 cm³/mol. The highest BCUT2D eigenvalue weighted by Crippen LogP contribution is 2.33. The molecule has 1 heterocycles.